The van der Waals surface area contributed by atoms with Crippen molar-refractivity contribution in [3.05, 3.63) is 48.0 Å². The first-order chi connectivity index (χ1) is 10.3. The molecule has 1 aliphatic carbocycles. The molecular weight excluding hydrogens is 256 g/mol. The lowest BCUT2D eigenvalue weighted by atomic mass is 9.73. The van der Waals surface area contributed by atoms with Gasteiger partial charge in [-0.3, -0.25) is 0 Å². The van der Waals surface area contributed by atoms with Crippen molar-refractivity contribution >= 4 is 10.8 Å². The number of aliphatic hydroxyl groups excluding tert-OH is 1. The fourth-order valence-electron chi connectivity index (χ4n) is 4.10. The number of hydrogen-bond acceptors (Lipinski definition) is 1. The maximum Gasteiger partial charge on any atom is 0.0611 e. The van der Waals surface area contributed by atoms with Gasteiger partial charge in [0.25, 0.3) is 0 Å². The van der Waals surface area contributed by atoms with Crippen molar-refractivity contribution in [2.75, 3.05) is 0 Å². The van der Waals surface area contributed by atoms with Gasteiger partial charge in [0, 0.05) is 0 Å². The largest absolute Gasteiger partial charge is 0.392 e. The van der Waals surface area contributed by atoms with E-state index < -0.39 is 0 Å². The lowest BCUT2D eigenvalue weighted by molar-refractivity contribution is 0.0467. The highest BCUT2D eigenvalue weighted by molar-refractivity contribution is 5.85. The summed E-state index contributed by atoms with van der Waals surface area (Å²) >= 11 is 0. The molecule has 0 aromatic heterocycles. The Hall–Kier alpha value is -1.34. The highest BCUT2D eigenvalue weighted by Crippen LogP contribution is 2.36. The van der Waals surface area contributed by atoms with Crippen LogP contribution in [-0.2, 0) is 6.42 Å². The van der Waals surface area contributed by atoms with Crippen LogP contribution in [0.4, 0.5) is 0 Å². The minimum Gasteiger partial charge on any atom is -0.392 e. The molecule has 1 N–H and O–H groups in total. The van der Waals surface area contributed by atoms with Gasteiger partial charge in [0.1, 0.15) is 0 Å². The Bertz CT molecular complexity index is 584. The van der Waals surface area contributed by atoms with Crippen LogP contribution in [0.1, 0.15) is 44.6 Å². The van der Waals surface area contributed by atoms with Gasteiger partial charge in [0.15, 0.2) is 0 Å². The normalized spacial score (nSPS) is 24.1. The van der Waals surface area contributed by atoms with Crippen LogP contribution < -0.4 is 0 Å². The maximum atomic E-state index is 10.8. The number of fused-ring (bicyclic) bond motifs is 1. The van der Waals surface area contributed by atoms with Crippen molar-refractivity contribution in [2.24, 2.45) is 11.8 Å². The van der Waals surface area contributed by atoms with Crippen molar-refractivity contribution in [3.63, 3.8) is 0 Å². The summed E-state index contributed by atoms with van der Waals surface area (Å²) in [7, 11) is 0. The van der Waals surface area contributed by atoms with Gasteiger partial charge in [-0.1, -0.05) is 75.1 Å². The summed E-state index contributed by atoms with van der Waals surface area (Å²) in [5.41, 5.74) is 1.29. The third-order valence-electron chi connectivity index (χ3n) is 5.30. The zero-order valence-electron chi connectivity index (χ0n) is 13.0. The first-order valence-corrected chi connectivity index (χ1v) is 8.44. The van der Waals surface area contributed by atoms with Crippen molar-refractivity contribution < 1.29 is 5.11 Å². The molecule has 3 atom stereocenters. The molecule has 112 valence electrons. The predicted octanol–water partition coefficient (Wildman–Crippen LogP) is 4.96. The highest BCUT2D eigenvalue weighted by Gasteiger charge is 2.29. The summed E-state index contributed by atoms with van der Waals surface area (Å²) in [5.74, 6) is 1.20. The smallest absolute Gasteiger partial charge is 0.0611 e. The highest BCUT2D eigenvalue weighted by atomic mass is 16.3. The number of hydrogen-bond donors (Lipinski definition) is 1. The van der Waals surface area contributed by atoms with Crippen molar-refractivity contribution in [1.82, 2.24) is 0 Å². The number of rotatable bonds is 4. The van der Waals surface area contributed by atoms with Crippen LogP contribution in [0.2, 0.25) is 0 Å². The fraction of sp³-hybridized carbons (Fsp3) is 0.500. The summed E-state index contributed by atoms with van der Waals surface area (Å²) in [6, 6.07) is 14.9. The second-order valence-electron chi connectivity index (χ2n) is 6.53. The quantitative estimate of drug-likeness (QED) is 0.840. The lowest BCUT2D eigenvalue weighted by Gasteiger charge is -2.34. The Morgan fingerprint density at radius 2 is 1.81 bits per heavy atom. The van der Waals surface area contributed by atoms with Gasteiger partial charge in [0.2, 0.25) is 0 Å². The molecule has 3 rings (SSSR count). The first kappa shape index (κ1) is 14.6. The molecule has 3 unspecified atom stereocenters. The molecule has 1 aliphatic rings. The van der Waals surface area contributed by atoms with Crippen LogP contribution in [0.25, 0.3) is 10.8 Å². The van der Waals surface area contributed by atoms with E-state index in [2.05, 4.69) is 49.4 Å². The van der Waals surface area contributed by atoms with E-state index in [1.54, 1.807) is 0 Å². The van der Waals surface area contributed by atoms with Crippen molar-refractivity contribution in [1.29, 1.82) is 0 Å². The average molecular weight is 282 g/mol. The molecule has 0 aliphatic heterocycles. The monoisotopic (exact) mass is 282 g/mol. The lowest BCUT2D eigenvalue weighted by Crippen LogP contribution is -2.32. The van der Waals surface area contributed by atoms with Gasteiger partial charge in [-0.15, -0.1) is 0 Å². The Morgan fingerprint density at radius 1 is 1.05 bits per heavy atom. The molecule has 2 aromatic rings. The van der Waals surface area contributed by atoms with Crippen molar-refractivity contribution in [3.8, 4) is 0 Å². The molecule has 0 amide bonds. The van der Waals surface area contributed by atoms with Crippen LogP contribution in [0.5, 0.6) is 0 Å². The van der Waals surface area contributed by atoms with Gasteiger partial charge in [-0.05, 0) is 41.0 Å². The molecular formula is C20H26O. The molecule has 1 nitrogen and oxygen atoms in total. The Balaban J connectivity index is 1.81. The van der Waals surface area contributed by atoms with Crippen LogP contribution >= 0.6 is 0 Å². The summed E-state index contributed by atoms with van der Waals surface area (Å²) in [6.07, 6.45) is 6.93. The summed E-state index contributed by atoms with van der Waals surface area (Å²) in [4.78, 5) is 0. The topological polar surface area (TPSA) is 20.2 Å². The van der Waals surface area contributed by atoms with E-state index in [9.17, 15) is 5.11 Å². The summed E-state index contributed by atoms with van der Waals surface area (Å²) in [5, 5.41) is 13.4. The number of benzene rings is 2. The first-order valence-electron chi connectivity index (χ1n) is 8.44. The molecule has 2 aromatic carbocycles. The standard InChI is InChI=1S/C20H26O/c1-2-15-8-3-6-13-19(15)20(21)14-17-11-7-10-16-9-4-5-12-18(16)17/h4-5,7,9-12,15,19-21H,2-3,6,8,13-14H2,1H3. The van der Waals surface area contributed by atoms with E-state index in [0.717, 1.165) is 6.42 Å². The number of aliphatic hydroxyl groups is 1. The van der Waals surface area contributed by atoms with Crippen molar-refractivity contribution in [2.45, 2.75) is 51.6 Å². The Labute approximate surface area is 128 Å². The molecule has 1 fully saturated rings. The van der Waals surface area contributed by atoms with E-state index in [0.29, 0.717) is 11.8 Å². The van der Waals surface area contributed by atoms with Crippen LogP contribution in [0, 0.1) is 11.8 Å². The Kier molecular flexibility index (Phi) is 4.60. The van der Waals surface area contributed by atoms with E-state index >= 15 is 0 Å². The summed E-state index contributed by atoms with van der Waals surface area (Å²) in [6.45, 7) is 2.27. The summed E-state index contributed by atoms with van der Waals surface area (Å²) < 4.78 is 0. The zero-order valence-corrected chi connectivity index (χ0v) is 13.0. The van der Waals surface area contributed by atoms with E-state index in [4.69, 9.17) is 0 Å². The SMILES string of the molecule is CCC1CCCCC1C(O)Cc1cccc2ccccc12. The molecule has 1 heteroatoms. The minimum absolute atomic E-state index is 0.193. The van der Waals surface area contributed by atoms with E-state index in [1.165, 1.54) is 48.4 Å². The fourth-order valence-corrected chi connectivity index (χ4v) is 4.10. The minimum atomic E-state index is -0.193. The Morgan fingerprint density at radius 3 is 2.67 bits per heavy atom. The van der Waals surface area contributed by atoms with E-state index in [1.807, 2.05) is 0 Å². The van der Waals surface area contributed by atoms with Gasteiger partial charge in [-0.25, -0.2) is 0 Å². The zero-order chi connectivity index (χ0) is 14.7. The van der Waals surface area contributed by atoms with E-state index in [-0.39, 0.29) is 6.10 Å². The molecule has 21 heavy (non-hydrogen) atoms. The second-order valence-corrected chi connectivity index (χ2v) is 6.53. The third-order valence-corrected chi connectivity index (χ3v) is 5.30. The van der Waals surface area contributed by atoms with Crippen LogP contribution in [-0.4, -0.2) is 11.2 Å². The molecule has 0 saturated heterocycles. The molecule has 0 spiro atoms. The third kappa shape index (κ3) is 3.13. The molecule has 1 saturated carbocycles. The molecule has 0 heterocycles. The average Bonchev–Trinajstić information content (AvgIpc) is 2.55. The molecule has 0 bridgehead atoms. The van der Waals surface area contributed by atoms with Gasteiger partial charge in [0.05, 0.1) is 6.10 Å². The molecule has 0 radical (unpaired) electrons. The van der Waals surface area contributed by atoms with Crippen LogP contribution in [0.3, 0.4) is 0 Å². The van der Waals surface area contributed by atoms with Gasteiger partial charge < -0.3 is 5.11 Å². The predicted molar refractivity (Wildman–Crippen MR) is 89.4 cm³/mol. The second kappa shape index (κ2) is 6.62. The van der Waals surface area contributed by atoms with Crippen LogP contribution in [0.15, 0.2) is 42.5 Å². The van der Waals surface area contributed by atoms with Gasteiger partial charge in [-0.2, -0.15) is 0 Å². The maximum absolute atomic E-state index is 10.8. The van der Waals surface area contributed by atoms with Gasteiger partial charge >= 0.3 is 0 Å².